The second-order valence-electron chi connectivity index (χ2n) is 8.58. The Morgan fingerprint density at radius 2 is 1.42 bits per heavy atom. The monoisotopic (exact) mass is 467 g/mol. The highest BCUT2D eigenvalue weighted by Crippen LogP contribution is 2.30. The van der Waals surface area contributed by atoms with Gasteiger partial charge in [0.1, 0.15) is 23.0 Å². The zero-order valence-corrected chi connectivity index (χ0v) is 18.3. The molecule has 0 saturated heterocycles. The van der Waals surface area contributed by atoms with Crippen molar-refractivity contribution in [3.63, 3.8) is 0 Å². The van der Waals surface area contributed by atoms with Gasteiger partial charge in [-0.2, -0.15) is 22.0 Å². The lowest BCUT2D eigenvalue weighted by Gasteiger charge is -2.20. The summed E-state index contributed by atoms with van der Waals surface area (Å²) in [7, 11) is 0. The van der Waals surface area contributed by atoms with Crippen LogP contribution >= 0.6 is 0 Å². The van der Waals surface area contributed by atoms with Crippen LogP contribution in [0.3, 0.4) is 0 Å². The van der Waals surface area contributed by atoms with E-state index in [2.05, 4.69) is 35.6 Å². The van der Waals surface area contributed by atoms with Gasteiger partial charge in [0.05, 0.1) is 0 Å². The highest BCUT2D eigenvalue weighted by Gasteiger charge is 2.33. The van der Waals surface area contributed by atoms with Crippen LogP contribution in [0.2, 0.25) is 0 Å². The topological polar surface area (TPSA) is 88.5 Å². The molecule has 0 aliphatic carbocycles. The minimum Gasteiger partial charge on any atom is -0.369 e. The normalized spacial score (nSPS) is 12.5. The first-order valence-corrected chi connectivity index (χ1v) is 9.86. The Kier molecular flexibility index (Phi) is 6.48. The van der Waals surface area contributed by atoms with E-state index in [1.54, 1.807) is 0 Å². The van der Waals surface area contributed by atoms with Crippen LogP contribution in [-0.4, -0.2) is 31.5 Å². The molecule has 0 fully saturated rings. The molecular weight excluding hydrogens is 445 g/mol. The molecule has 12 heteroatoms. The lowest BCUT2D eigenvalue weighted by atomic mass is 9.97. The van der Waals surface area contributed by atoms with Gasteiger partial charge in [-0.05, 0) is 23.6 Å². The van der Waals surface area contributed by atoms with Crippen LogP contribution in [0.1, 0.15) is 39.1 Å². The van der Waals surface area contributed by atoms with Gasteiger partial charge in [0.15, 0.2) is 5.82 Å². The minimum atomic E-state index is -4.67. The molecule has 7 nitrogen and oxygen atoms in total. The van der Waals surface area contributed by atoms with E-state index in [1.165, 1.54) is 18.3 Å². The van der Waals surface area contributed by atoms with Crippen LogP contribution in [-0.2, 0) is 12.1 Å². The molecule has 0 unspecified atom stereocenters. The van der Waals surface area contributed by atoms with Crippen LogP contribution in [0.4, 0.5) is 39.3 Å². The smallest absolute Gasteiger partial charge is 0.369 e. The number of nitrogens with one attached hydrogen (secondary N) is 2. The Bertz CT molecular complexity index is 1120. The molecular formula is C21H22F5N7. The zero-order chi connectivity index (χ0) is 24.4. The number of hydrogen-bond donors (Lipinski definition) is 2. The standard InChI is InChI=1S/C21H22F5N7/c1-19(2,3)11-29-15-10-16(30-12-5-7-27-14(9-12)20(4,22)23)33-18(32-15)17-28-8-6-13(31-17)21(24,25)26/h5-10H,11H2,1-4H3,(H2,27,29,30,32,33). The third-order valence-corrected chi connectivity index (χ3v) is 4.15. The van der Waals surface area contributed by atoms with Gasteiger partial charge in [0.25, 0.3) is 5.92 Å². The average molecular weight is 467 g/mol. The van der Waals surface area contributed by atoms with Crippen LogP contribution < -0.4 is 10.6 Å². The lowest BCUT2D eigenvalue weighted by molar-refractivity contribution is -0.141. The summed E-state index contributed by atoms with van der Waals surface area (Å²) in [5.74, 6) is -3.21. The van der Waals surface area contributed by atoms with Crippen molar-refractivity contribution in [1.29, 1.82) is 0 Å². The average Bonchev–Trinajstić information content (AvgIpc) is 2.71. The molecule has 3 aromatic heterocycles. The number of alkyl halides is 5. The summed E-state index contributed by atoms with van der Waals surface area (Å²) < 4.78 is 66.5. The van der Waals surface area contributed by atoms with Crippen molar-refractivity contribution in [3.05, 3.63) is 48.0 Å². The SMILES string of the molecule is CC(C)(C)CNc1cc(Nc2ccnc(C(C)(F)F)c2)nc(-c2nccc(C(F)(F)F)n2)n1. The number of halogens is 5. The third-order valence-electron chi connectivity index (χ3n) is 4.15. The number of hydrogen-bond acceptors (Lipinski definition) is 7. The van der Waals surface area contributed by atoms with E-state index in [1.807, 2.05) is 20.8 Å². The van der Waals surface area contributed by atoms with Crippen molar-refractivity contribution >= 4 is 17.3 Å². The summed E-state index contributed by atoms with van der Waals surface area (Å²) in [6.45, 7) is 7.18. The maximum Gasteiger partial charge on any atom is 0.433 e. The van der Waals surface area contributed by atoms with E-state index < -0.39 is 23.5 Å². The second kappa shape index (κ2) is 8.83. The van der Waals surface area contributed by atoms with E-state index in [0.29, 0.717) is 12.4 Å². The fourth-order valence-corrected chi connectivity index (χ4v) is 2.58. The molecule has 0 bridgehead atoms. The van der Waals surface area contributed by atoms with Crippen molar-refractivity contribution in [1.82, 2.24) is 24.9 Å². The van der Waals surface area contributed by atoms with Gasteiger partial charge in [-0.25, -0.2) is 19.9 Å². The highest BCUT2D eigenvalue weighted by molar-refractivity contribution is 5.62. The summed E-state index contributed by atoms with van der Waals surface area (Å²) in [5.41, 5.74) is -1.45. The Morgan fingerprint density at radius 3 is 2.06 bits per heavy atom. The molecule has 2 N–H and O–H groups in total. The van der Waals surface area contributed by atoms with Crippen LogP contribution in [0.25, 0.3) is 11.6 Å². The van der Waals surface area contributed by atoms with Crippen LogP contribution in [0, 0.1) is 5.41 Å². The molecule has 0 spiro atoms. The first kappa shape index (κ1) is 24.2. The van der Waals surface area contributed by atoms with Gasteiger partial charge in [-0.15, -0.1) is 0 Å². The number of nitrogens with zero attached hydrogens (tertiary/aromatic N) is 5. The van der Waals surface area contributed by atoms with Crippen LogP contribution in [0.5, 0.6) is 0 Å². The van der Waals surface area contributed by atoms with Crippen molar-refractivity contribution in [2.45, 2.75) is 39.8 Å². The molecule has 0 aliphatic rings. The Hall–Kier alpha value is -3.44. The van der Waals surface area contributed by atoms with Gasteiger partial charge in [-0.3, -0.25) is 4.98 Å². The van der Waals surface area contributed by atoms with Gasteiger partial charge < -0.3 is 10.6 Å². The van der Waals surface area contributed by atoms with Gasteiger partial charge in [-0.1, -0.05) is 20.8 Å². The van der Waals surface area contributed by atoms with Crippen molar-refractivity contribution in [2.75, 3.05) is 17.2 Å². The van der Waals surface area contributed by atoms with Crippen molar-refractivity contribution in [3.8, 4) is 11.6 Å². The minimum absolute atomic E-state index is 0.127. The molecule has 0 aromatic carbocycles. The maximum absolute atomic E-state index is 13.6. The summed E-state index contributed by atoms with van der Waals surface area (Å²) in [6, 6.07) is 4.87. The van der Waals surface area contributed by atoms with Crippen molar-refractivity contribution < 1.29 is 22.0 Å². The predicted octanol–water partition coefficient (Wildman–Crippen LogP) is 5.66. The molecule has 176 valence electrons. The predicted molar refractivity (Wildman–Crippen MR) is 113 cm³/mol. The number of pyridine rings is 1. The summed E-state index contributed by atoms with van der Waals surface area (Å²) in [4.78, 5) is 19.5. The van der Waals surface area contributed by atoms with Crippen molar-refractivity contribution in [2.24, 2.45) is 5.41 Å². The largest absolute Gasteiger partial charge is 0.433 e. The van der Waals surface area contributed by atoms with Gasteiger partial charge in [0, 0.05) is 37.6 Å². The van der Waals surface area contributed by atoms with Gasteiger partial charge in [0.2, 0.25) is 5.82 Å². The van der Waals surface area contributed by atoms with Gasteiger partial charge >= 0.3 is 6.18 Å². The van der Waals surface area contributed by atoms with E-state index in [9.17, 15) is 22.0 Å². The highest BCUT2D eigenvalue weighted by atomic mass is 19.4. The summed E-state index contributed by atoms with van der Waals surface area (Å²) in [5, 5.41) is 5.97. The molecule has 3 aromatic rings. The Balaban J connectivity index is 2.02. The second-order valence-corrected chi connectivity index (χ2v) is 8.58. The first-order valence-electron chi connectivity index (χ1n) is 9.86. The molecule has 0 radical (unpaired) electrons. The Labute approximate surface area is 186 Å². The summed E-state index contributed by atoms with van der Waals surface area (Å²) >= 11 is 0. The molecule has 3 rings (SSSR count). The molecule has 3 heterocycles. The van der Waals surface area contributed by atoms with Crippen LogP contribution in [0.15, 0.2) is 36.7 Å². The Morgan fingerprint density at radius 1 is 0.758 bits per heavy atom. The fourth-order valence-electron chi connectivity index (χ4n) is 2.58. The third kappa shape index (κ3) is 6.77. The quantitative estimate of drug-likeness (QED) is 0.452. The summed E-state index contributed by atoms with van der Waals surface area (Å²) in [6.07, 6.45) is -2.49. The molecule has 0 aliphatic heterocycles. The number of anilines is 3. The number of aromatic nitrogens is 5. The van der Waals surface area contributed by atoms with E-state index in [-0.39, 0.29) is 28.6 Å². The molecule has 33 heavy (non-hydrogen) atoms. The molecule has 0 saturated carbocycles. The molecule has 0 atom stereocenters. The zero-order valence-electron chi connectivity index (χ0n) is 18.3. The number of rotatable bonds is 6. The maximum atomic E-state index is 13.6. The fraction of sp³-hybridized carbons (Fsp3) is 0.381. The van der Waals surface area contributed by atoms with E-state index >= 15 is 0 Å². The lowest BCUT2D eigenvalue weighted by Crippen LogP contribution is -2.20. The van der Waals surface area contributed by atoms with E-state index in [4.69, 9.17) is 0 Å². The molecule has 0 amide bonds. The van der Waals surface area contributed by atoms with E-state index in [0.717, 1.165) is 25.3 Å². The first-order chi connectivity index (χ1) is 15.2.